The summed E-state index contributed by atoms with van der Waals surface area (Å²) >= 11 is 0. The molecule has 4 fully saturated rings. The highest BCUT2D eigenvalue weighted by atomic mass is 16.5. The number of pyridine rings is 2. The number of rotatable bonds is 16. The average Bonchev–Trinajstić information content (AvgIpc) is 4.01. The summed E-state index contributed by atoms with van der Waals surface area (Å²) in [6, 6.07) is 17.9. The van der Waals surface area contributed by atoms with Crippen LogP contribution in [0.2, 0.25) is 0 Å². The number of ether oxygens (including phenoxy) is 2. The molecule has 70 heavy (non-hydrogen) atoms. The lowest BCUT2D eigenvalue weighted by Gasteiger charge is -2.35. The Balaban J connectivity index is 0.624. The van der Waals surface area contributed by atoms with E-state index in [0.717, 1.165) is 108 Å². The lowest BCUT2D eigenvalue weighted by molar-refractivity contribution is -0.136. The Bertz CT molecular complexity index is 2830. The molecule has 0 bridgehead atoms. The maximum atomic E-state index is 13.6. The molecule has 2 aromatic carbocycles. The third-order valence-corrected chi connectivity index (χ3v) is 14.9. The summed E-state index contributed by atoms with van der Waals surface area (Å²) in [4.78, 5) is 86.5. The zero-order valence-electron chi connectivity index (χ0n) is 40.2. The van der Waals surface area contributed by atoms with E-state index in [1.165, 1.54) is 18.1 Å². The topological polar surface area (TPSA) is 184 Å². The van der Waals surface area contributed by atoms with Crippen molar-refractivity contribution in [3.63, 3.8) is 0 Å². The Morgan fingerprint density at radius 1 is 0.843 bits per heavy atom. The first-order valence-electron chi connectivity index (χ1n) is 25.0. The molecule has 3 saturated heterocycles. The number of hydrogen-bond donors (Lipinski definition) is 2. The molecule has 4 aliphatic heterocycles. The standard InChI is InChI=1S/C53H62N10O7/c1-34-44-31-55-53(58-49(44)63(40-7-3-4-8-40)52(68)48(34)35(2)64)56-46-14-12-41(30-54-46)61-22-20-59(21-23-61)24-25-69-26-27-70-42-9-5-6-36(28-42)32-60-18-16-37(17-19-60)38-10-11-39-33-62(51(67)43(39)29-38)45-13-15-47(65)57-50(45)66/h5-6,9-12,14,28-31,37,40,45H,3-4,7-8,13,15-27,32-33H2,1-2H3,(H,57,65,66)(H,54,55,56,58). The number of amides is 3. The molecule has 2 N–H and O–H groups in total. The van der Waals surface area contributed by atoms with E-state index in [9.17, 15) is 24.0 Å². The number of aryl methyl sites for hydroxylation is 1. The molecule has 17 nitrogen and oxygen atoms in total. The molecule has 5 aromatic rings. The Kier molecular flexibility index (Phi) is 14.0. The molecule has 0 radical (unpaired) electrons. The number of carbonyl (C=O) groups excluding carboxylic acids is 4. The highest BCUT2D eigenvalue weighted by Gasteiger charge is 2.39. The predicted octanol–water partition coefficient (Wildman–Crippen LogP) is 5.91. The molecule has 5 aliphatic rings. The number of ketones is 1. The molecule has 3 aromatic heterocycles. The van der Waals surface area contributed by atoms with E-state index >= 15 is 0 Å². The third kappa shape index (κ3) is 10.2. The second-order valence-corrected chi connectivity index (χ2v) is 19.4. The van der Waals surface area contributed by atoms with E-state index in [4.69, 9.17) is 14.5 Å². The Morgan fingerprint density at radius 2 is 1.66 bits per heavy atom. The van der Waals surface area contributed by atoms with Crippen LogP contribution in [-0.2, 0) is 27.4 Å². The van der Waals surface area contributed by atoms with Crippen molar-refractivity contribution in [3.8, 4) is 5.75 Å². The minimum Gasteiger partial charge on any atom is -0.491 e. The number of piperazine rings is 1. The Hall–Kier alpha value is -6.56. The average molecular weight is 951 g/mol. The number of nitrogens with zero attached hydrogens (tertiary/aromatic N) is 8. The quantitative estimate of drug-likeness (QED) is 0.0676. The molecule has 10 rings (SSSR count). The van der Waals surface area contributed by atoms with Crippen molar-refractivity contribution in [3.05, 3.63) is 111 Å². The molecule has 1 saturated carbocycles. The van der Waals surface area contributed by atoms with Crippen molar-refractivity contribution in [2.45, 2.75) is 96.3 Å². The van der Waals surface area contributed by atoms with E-state index in [-0.39, 0.29) is 47.1 Å². The molecule has 0 spiro atoms. The monoisotopic (exact) mass is 950 g/mol. The second kappa shape index (κ2) is 20.8. The van der Waals surface area contributed by atoms with Crippen molar-refractivity contribution >= 4 is 52.0 Å². The van der Waals surface area contributed by atoms with Gasteiger partial charge in [-0.1, -0.05) is 37.1 Å². The molecule has 7 heterocycles. The van der Waals surface area contributed by atoms with E-state index in [1.807, 2.05) is 36.5 Å². The summed E-state index contributed by atoms with van der Waals surface area (Å²) in [6.45, 7) is 12.5. The summed E-state index contributed by atoms with van der Waals surface area (Å²) in [5.41, 5.74) is 6.17. The number of likely N-dealkylation sites (tertiary alicyclic amines) is 1. The zero-order chi connectivity index (χ0) is 48.3. The van der Waals surface area contributed by atoms with E-state index < -0.39 is 6.04 Å². The smallest absolute Gasteiger partial charge is 0.263 e. The van der Waals surface area contributed by atoms with Crippen LogP contribution in [0.25, 0.3) is 11.0 Å². The summed E-state index contributed by atoms with van der Waals surface area (Å²) in [6.07, 6.45) is 10.0. The van der Waals surface area contributed by atoms with Gasteiger partial charge in [0.05, 0.1) is 30.7 Å². The van der Waals surface area contributed by atoms with Gasteiger partial charge in [0.2, 0.25) is 17.8 Å². The van der Waals surface area contributed by atoms with Crippen LogP contribution in [0.1, 0.15) is 113 Å². The molecule has 366 valence electrons. The molecule has 17 heteroatoms. The van der Waals surface area contributed by atoms with Crippen molar-refractivity contribution in [2.75, 3.05) is 75.9 Å². The van der Waals surface area contributed by atoms with Crippen LogP contribution in [0.15, 0.2) is 71.8 Å². The van der Waals surface area contributed by atoms with E-state index in [1.54, 1.807) is 22.6 Å². The van der Waals surface area contributed by atoms with Crippen LogP contribution in [-0.4, -0.2) is 129 Å². The van der Waals surface area contributed by atoms with Crippen LogP contribution in [0.3, 0.4) is 0 Å². The summed E-state index contributed by atoms with van der Waals surface area (Å²) in [7, 11) is 0. The number of imide groups is 1. The van der Waals surface area contributed by atoms with Crippen LogP contribution in [0, 0.1) is 6.92 Å². The van der Waals surface area contributed by atoms with Crippen molar-refractivity contribution in [1.82, 2.24) is 39.5 Å². The van der Waals surface area contributed by atoms with Gasteiger partial charge in [0.15, 0.2) is 5.78 Å². The predicted molar refractivity (Wildman–Crippen MR) is 265 cm³/mol. The van der Waals surface area contributed by atoms with Crippen LogP contribution < -0.4 is 25.8 Å². The maximum absolute atomic E-state index is 13.6. The fraction of sp³-hybridized carbons (Fsp3) is 0.472. The number of fused-ring (bicyclic) bond motifs is 2. The lowest BCUT2D eigenvalue weighted by atomic mass is 9.87. The first-order chi connectivity index (χ1) is 34.1. The molecular weight excluding hydrogens is 889 g/mol. The SMILES string of the molecule is CC(=O)c1c(C)c2cnc(Nc3ccc(N4CCN(CCOCCOc5cccc(CN6CCC(c7ccc8c(c7)C(=O)N(C7CCC(=O)NC7=O)C8)CC6)c5)CC4)cn3)nc2n(C2CCCC2)c1=O. The highest BCUT2D eigenvalue weighted by Crippen LogP contribution is 2.35. The minimum absolute atomic E-state index is 0.0125. The fourth-order valence-electron chi connectivity index (χ4n) is 11.1. The van der Waals surface area contributed by atoms with Gasteiger partial charge in [-0.3, -0.25) is 43.7 Å². The molecule has 3 amide bonds. The number of aromatic nitrogens is 4. The Labute approximate surface area is 407 Å². The molecular formula is C53H62N10O7. The second-order valence-electron chi connectivity index (χ2n) is 19.4. The van der Waals surface area contributed by atoms with Crippen LogP contribution in [0.4, 0.5) is 17.5 Å². The number of piperidine rings is 2. The summed E-state index contributed by atoms with van der Waals surface area (Å²) < 4.78 is 13.8. The van der Waals surface area contributed by atoms with Crippen LogP contribution in [0.5, 0.6) is 5.75 Å². The fourth-order valence-corrected chi connectivity index (χ4v) is 11.1. The molecule has 1 unspecified atom stereocenters. The van der Waals surface area contributed by atoms with Gasteiger partial charge in [0.25, 0.3) is 11.5 Å². The molecule has 1 aliphatic carbocycles. The van der Waals surface area contributed by atoms with E-state index in [2.05, 4.69) is 59.6 Å². The zero-order valence-corrected chi connectivity index (χ0v) is 40.2. The number of Topliss-reactive ketones (excluding diaryl/α,β-unsaturated/α-hetero) is 1. The van der Waals surface area contributed by atoms with E-state index in [0.29, 0.717) is 72.6 Å². The van der Waals surface area contributed by atoms with Crippen LogP contribution >= 0.6 is 0 Å². The van der Waals surface area contributed by atoms with Gasteiger partial charge in [-0.05, 0) is 118 Å². The third-order valence-electron chi connectivity index (χ3n) is 14.9. The number of hydrogen-bond acceptors (Lipinski definition) is 14. The number of carbonyl (C=O) groups is 4. The van der Waals surface area contributed by atoms with Gasteiger partial charge in [-0.25, -0.2) is 9.97 Å². The van der Waals surface area contributed by atoms with Gasteiger partial charge in [0.1, 0.15) is 29.9 Å². The van der Waals surface area contributed by atoms with Gasteiger partial charge in [-0.2, -0.15) is 4.98 Å². The van der Waals surface area contributed by atoms with Crippen molar-refractivity contribution in [1.29, 1.82) is 0 Å². The van der Waals surface area contributed by atoms with Gasteiger partial charge >= 0.3 is 0 Å². The van der Waals surface area contributed by atoms with Gasteiger partial charge in [-0.15, -0.1) is 0 Å². The highest BCUT2D eigenvalue weighted by molar-refractivity contribution is 6.05. The molecule has 1 atom stereocenters. The number of benzene rings is 2. The number of nitrogens with one attached hydrogen (secondary N) is 2. The summed E-state index contributed by atoms with van der Waals surface area (Å²) in [5, 5.41) is 6.32. The lowest BCUT2D eigenvalue weighted by Crippen LogP contribution is -2.52. The normalized spacial score (nSPS) is 19.5. The largest absolute Gasteiger partial charge is 0.491 e. The van der Waals surface area contributed by atoms with Crippen molar-refractivity contribution in [2.24, 2.45) is 0 Å². The Morgan fingerprint density at radius 3 is 2.41 bits per heavy atom. The number of anilines is 3. The maximum Gasteiger partial charge on any atom is 0.263 e. The van der Waals surface area contributed by atoms with Gasteiger partial charge < -0.3 is 24.6 Å². The summed E-state index contributed by atoms with van der Waals surface area (Å²) in [5.74, 6) is 1.14. The minimum atomic E-state index is -0.599. The van der Waals surface area contributed by atoms with Crippen molar-refractivity contribution < 1.29 is 28.7 Å². The van der Waals surface area contributed by atoms with Gasteiger partial charge in [0, 0.05) is 75.4 Å². The first-order valence-corrected chi connectivity index (χ1v) is 25.0. The first kappa shape index (κ1) is 47.1.